The van der Waals surface area contributed by atoms with E-state index < -0.39 is 15.6 Å². The van der Waals surface area contributed by atoms with Gasteiger partial charge in [-0.05, 0) is 39.0 Å². The molecule has 0 radical (unpaired) electrons. The van der Waals surface area contributed by atoms with Crippen LogP contribution in [0.15, 0.2) is 0 Å². The largest absolute Gasteiger partial charge is 0.352 e. The zero-order valence-electron chi connectivity index (χ0n) is 11.4. The van der Waals surface area contributed by atoms with E-state index in [9.17, 15) is 13.2 Å². The maximum absolute atomic E-state index is 12.0. The lowest BCUT2D eigenvalue weighted by Crippen LogP contribution is -2.61. The molecule has 1 heterocycles. The molecule has 1 aliphatic carbocycles. The van der Waals surface area contributed by atoms with E-state index in [2.05, 4.69) is 5.32 Å². The van der Waals surface area contributed by atoms with E-state index in [0.29, 0.717) is 25.9 Å². The highest BCUT2D eigenvalue weighted by Crippen LogP contribution is 2.29. The summed E-state index contributed by atoms with van der Waals surface area (Å²) in [6.45, 7) is 2.62. The lowest BCUT2D eigenvalue weighted by Gasteiger charge is -2.39. The molecule has 6 nitrogen and oxygen atoms in total. The summed E-state index contributed by atoms with van der Waals surface area (Å²) in [5, 5.41) is 2.97. The second-order valence-corrected chi connectivity index (χ2v) is 7.81. The fourth-order valence-electron chi connectivity index (χ4n) is 2.57. The molecule has 1 aliphatic heterocycles. The number of nitrogens with one attached hydrogen (secondary N) is 1. The third-order valence-electron chi connectivity index (χ3n) is 4.25. The molecule has 0 spiro atoms. The number of nitrogens with two attached hydrogens (primary N) is 1. The lowest BCUT2D eigenvalue weighted by atomic mass is 9.77. The van der Waals surface area contributed by atoms with Crippen LogP contribution in [-0.2, 0) is 14.8 Å². The van der Waals surface area contributed by atoms with Crippen LogP contribution >= 0.6 is 0 Å². The first-order valence-corrected chi connectivity index (χ1v) is 8.56. The molecule has 110 valence electrons. The first kappa shape index (κ1) is 14.7. The fourth-order valence-corrected chi connectivity index (χ4v) is 3.71. The van der Waals surface area contributed by atoms with Crippen molar-refractivity contribution in [2.24, 2.45) is 5.73 Å². The highest BCUT2D eigenvalue weighted by atomic mass is 32.2. The molecule has 1 amide bonds. The van der Waals surface area contributed by atoms with Crippen molar-refractivity contribution >= 4 is 15.9 Å². The van der Waals surface area contributed by atoms with Gasteiger partial charge in [-0.1, -0.05) is 0 Å². The third kappa shape index (κ3) is 3.09. The first-order chi connectivity index (χ1) is 8.87. The Morgan fingerprint density at radius 1 is 1.37 bits per heavy atom. The van der Waals surface area contributed by atoms with Crippen LogP contribution in [0.3, 0.4) is 0 Å². The molecule has 1 saturated heterocycles. The van der Waals surface area contributed by atoms with Gasteiger partial charge in [0.25, 0.3) is 0 Å². The van der Waals surface area contributed by atoms with Gasteiger partial charge in [0.15, 0.2) is 0 Å². The molecule has 7 heteroatoms. The number of carbonyl (C=O) groups excluding carboxylic acids is 1. The van der Waals surface area contributed by atoms with E-state index >= 15 is 0 Å². The van der Waals surface area contributed by atoms with Crippen molar-refractivity contribution in [1.29, 1.82) is 0 Å². The average molecular weight is 289 g/mol. The maximum Gasteiger partial charge on any atom is 0.240 e. The molecular weight excluding hydrogens is 266 g/mol. The number of carbonyl (C=O) groups is 1. The van der Waals surface area contributed by atoms with Gasteiger partial charge in [-0.3, -0.25) is 4.79 Å². The second-order valence-electron chi connectivity index (χ2n) is 5.56. The van der Waals surface area contributed by atoms with E-state index in [1.807, 2.05) is 0 Å². The predicted molar refractivity (Wildman–Crippen MR) is 73.0 cm³/mol. The quantitative estimate of drug-likeness (QED) is 0.749. The number of hydrogen-bond donors (Lipinski definition) is 2. The molecule has 2 rings (SSSR count). The minimum atomic E-state index is -3.10. The van der Waals surface area contributed by atoms with Crippen LogP contribution in [0.1, 0.15) is 39.0 Å². The summed E-state index contributed by atoms with van der Waals surface area (Å²) in [7, 11) is -3.10. The van der Waals surface area contributed by atoms with Gasteiger partial charge in [0.2, 0.25) is 15.9 Å². The van der Waals surface area contributed by atoms with E-state index in [1.165, 1.54) is 4.31 Å². The normalized spacial score (nSPS) is 24.7. The fraction of sp³-hybridized carbons (Fsp3) is 0.917. The Hall–Kier alpha value is -0.660. The van der Waals surface area contributed by atoms with Crippen molar-refractivity contribution in [1.82, 2.24) is 9.62 Å². The summed E-state index contributed by atoms with van der Waals surface area (Å²) in [6, 6.07) is 0.0526. The average Bonchev–Trinajstić information content (AvgIpc) is 2.36. The van der Waals surface area contributed by atoms with Gasteiger partial charge < -0.3 is 11.1 Å². The van der Waals surface area contributed by atoms with Crippen LogP contribution in [0.5, 0.6) is 0 Å². The van der Waals surface area contributed by atoms with Gasteiger partial charge in [-0.2, -0.15) is 0 Å². The molecule has 0 bridgehead atoms. The minimum absolute atomic E-state index is 0.0526. The minimum Gasteiger partial charge on any atom is -0.352 e. The van der Waals surface area contributed by atoms with Gasteiger partial charge >= 0.3 is 0 Å². The zero-order valence-corrected chi connectivity index (χ0v) is 12.2. The van der Waals surface area contributed by atoms with E-state index in [4.69, 9.17) is 5.73 Å². The summed E-state index contributed by atoms with van der Waals surface area (Å²) in [4.78, 5) is 12.0. The summed E-state index contributed by atoms with van der Waals surface area (Å²) in [5.41, 5.74) is 5.29. The molecule has 0 unspecified atom stereocenters. The van der Waals surface area contributed by atoms with Crippen LogP contribution in [0.4, 0.5) is 0 Å². The summed E-state index contributed by atoms with van der Waals surface area (Å²) in [5.74, 6) is 0.0613. The highest BCUT2D eigenvalue weighted by Gasteiger charge is 2.41. The molecule has 2 aliphatic rings. The van der Waals surface area contributed by atoms with Crippen LogP contribution in [0, 0.1) is 0 Å². The van der Waals surface area contributed by atoms with Gasteiger partial charge in [-0.15, -0.1) is 0 Å². The van der Waals surface area contributed by atoms with Crippen molar-refractivity contribution in [3.05, 3.63) is 0 Å². The molecule has 0 aromatic rings. The smallest absolute Gasteiger partial charge is 0.240 e. The molecule has 0 atom stereocenters. The Morgan fingerprint density at radius 3 is 2.37 bits per heavy atom. The van der Waals surface area contributed by atoms with Crippen molar-refractivity contribution in [3.63, 3.8) is 0 Å². The number of hydrogen-bond acceptors (Lipinski definition) is 4. The van der Waals surface area contributed by atoms with E-state index in [0.717, 1.165) is 19.3 Å². The Bertz CT molecular complexity index is 437. The molecule has 3 N–H and O–H groups in total. The van der Waals surface area contributed by atoms with Gasteiger partial charge in [0.05, 0.1) is 11.3 Å². The summed E-state index contributed by atoms with van der Waals surface area (Å²) in [6.07, 6.45) is 3.85. The van der Waals surface area contributed by atoms with Crippen LogP contribution in [-0.4, -0.2) is 49.1 Å². The van der Waals surface area contributed by atoms with Gasteiger partial charge in [-0.25, -0.2) is 12.7 Å². The molecule has 2 fully saturated rings. The van der Waals surface area contributed by atoms with Crippen molar-refractivity contribution in [2.75, 3.05) is 18.8 Å². The summed E-state index contributed by atoms with van der Waals surface area (Å²) >= 11 is 0. The summed E-state index contributed by atoms with van der Waals surface area (Å²) < 4.78 is 24.9. The second kappa shape index (κ2) is 5.38. The molecule has 0 aromatic heterocycles. The van der Waals surface area contributed by atoms with E-state index in [-0.39, 0.29) is 17.7 Å². The Morgan fingerprint density at radius 2 is 1.95 bits per heavy atom. The van der Waals surface area contributed by atoms with Crippen molar-refractivity contribution < 1.29 is 13.2 Å². The highest BCUT2D eigenvalue weighted by molar-refractivity contribution is 7.89. The molecule has 19 heavy (non-hydrogen) atoms. The third-order valence-corrected chi connectivity index (χ3v) is 6.13. The molecule has 0 aromatic carbocycles. The SMILES string of the molecule is CCS(=O)(=O)N1CCC(NC(=O)C2(N)CCC2)CC1. The Kier molecular flexibility index (Phi) is 4.17. The van der Waals surface area contributed by atoms with Crippen LogP contribution in [0.25, 0.3) is 0 Å². The van der Waals surface area contributed by atoms with Gasteiger partial charge in [0.1, 0.15) is 0 Å². The van der Waals surface area contributed by atoms with Crippen LogP contribution in [0.2, 0.25) is 0 Å². The number of rotatable bonds is 4. The molecular formula is C12H23N3O3S. The first-order valence-electron chi connectivity index (χ1n) is 6.95. The van der Waals surface area contributed by atoms with Crippen molar-refractivity contribution in [2.45, 2.75) is 50.6 Å². The Labute approximate surface area is 114 Å². The number of sulfonamides is 1. The predicted octanol–water partition coefficient (Wildman–Crippen LogP) is -0.202. The number of amides is 1. The standard InChI is InChI=1S/C12H23N3O3S/c1-2-19(17,18)15-8-4-10(5-9-15)14-11(16)12(13)6-3-7-12/h10H,2-9,13H2,1H3,(H,14,16). The monoisotopic (exact) mass is 289 g/mol. The van der Waals surface area contributed by atoms with Crippen LogP contribution < -0.4 is 11.1 Å². The van der Waals surface area contributed by atoms with Crippen molar-refractivity contribution in [3.8, 4) is 0 Å². The van der Waals surface area contributed by atoms with Gasteiger partial charge in [0, 0.05) is 19.1 Å². The maximum atomic E-state index is 12.0. The number of piperidine rings is 1. The lowest BCUT2D eigenvalue weighted by molar-refractivity contribution is -0.130. The Balaban J connectivity index is 1.82. The zero-order chi connectivity index (χ0) is 14.1. The van der Waals surface area contributed by atoms with E-state index in [1.54, 1.807) is 6.92 Å². The molecule has 1 saturated carbocycles. The number of nitrogens with zero attached hydrogens (tertiary/aromatic N) is 1. The topological polar surface area (TPSA) is 92.5 Å².